The van der Waals surface area contributed by atoms with Crippen molar-refractivity contribution in [2.75, 3.05) is 33.3 Å². The van der Waals surface area contributed by atoms with Gasteiger partial charge in [-0.15, -0.1) is 24.0 Å². The van der Waals surface area contributed by atoms with Crippen LogP contribution in [0.15, 0.2) is 29.3 Å². The topological polar surface area (TPSA) is 53.9 Å². The maximum atomic E-state index is 12.0. The lowest BCUT2D eigenvalue weighted by atomic mass is 9.99. The number of rotatable bonds is 4. The van der Waals surface area contributed by atoms with E-state index in [9.17, 15) is 4.79 Å². The van der Waals surface area contributed by atoms with E-state index in [4.69, 9.17) is 9.73 Å². The molecule has 0 radical (unpaired) electrons. The number of aliphatic imine (C=N–C) groups is 1. The fraction of sp³-hybridized carbons (Fsp3) is 0.619. The van der Waals surface area contributed by atoms with Gasteiger partial charge in [-0.25, -0.2) is 0 Å². The SMILES string of the molecule is CCNC(=NCC1C2Cc3ccccc3C12)N1CC(C)C(C(=O)OC)C1.I. The molecule has 1 N–H and O–H groups in total. The molecule has 1 aromatic carbocycles. The molecular formula is C21H30IN3O2. The second kappa shape index (κ2) is 8.37. The van der Waals surface area contributed by atoms with Gasteiger partial charge in [-0.2, -0.15) is 0 Å². The van der Waals surface area contributed by atoms with Crippen LogP contribution < -0.4 is 5.32 Å². The van der Waals surface area contributed by atoms with Gasteiger partial charge in [0.25, 0.3) is 0 Å². The van der Waals surface area contributed by atoms with Gasteiger partial charge in [0.15, 0.2) is 5.96 Å². The number of ether oxygens (including phenoxy) is 1. The Morgan fingerprint density at radius 3 is 2.85 bits per heavy atom. The van der Waals surface area contributed by atoms with Crippen LogP contribution in [-0.4, -0.2) is 50.1 Å². The van der Waals surface area contributed by atoms with E-state index < -0.39 is 0 Å². The molecule has 27 heavy (non-hydrogen) atoms. The van der Waals surface area contributed by atoms with E-state index in [2.05, 4.69) is 48.3 Å². The number of carbonyl (C=O) groups excluding carboxylic acids is 1. The number of nitrogens with zero attached hydrogens (tertiary/aromatic N) is 2. The van der Waals surface area contributed by atoms with Crippen LogP contribution in [0, 0.1) is 23.7 Å². The molecular weight excluding hydrogens is 453 g/mol. The van der Waals surface area contributed by atoms with Gasteiger partial charge in [0, 0.05) is 26.2 Å². The monoisotopic (exact) mass is 483 g/mol. The molecule has 0 bridgehead atoms. The Kier molecular flexibility index (Phi) is 6.33. The highest BCUT2D eigenvalue weighted by Crippen LogP contribution is 2.61. The van der Waals surface area contributed by atoms with Crippen LogP contribution >= 0.6 is 24.0 Å². The summed E-state index contributed by atoms with van der Waals surface area (Å²) in [6, 6.07) is 8.86. The van der Waals surface area contributed by atoms with Crippen molar-refractivity contribution in [3.05, 3.63) is 35.4 Å². The summed E-state index contributed by atoms with van der Waals surface area (Å²) >= 11 is 0. The number of likely N-dealkylation sites (tertiary alicyclic amines) is 1. The summed E-state index contributed by atoms with van der Waals surface area (Å²) in [7, 11) is 1.47. The molecule has 5 unspecified atom stereocenters. The van der Waals surface area contributed by atoms with Gasteiger partial charge >= 0.3 is 5.97 Å². The number of guanidine groups is 1. The van der Waals surface area contributed by atoms with E-state index in [-0.39, 0.29) is 35.9 Å². The number of nitrogens with one attached hydrogen (secondary N) is 1. The maximum absolute atomic E-state index is 12.0. The molecule has 1 heterocycles. The number of fused-ring (bicyclic) bond motifs is 3. The fourth-order valence-corrected chi connectivity index (χ4v) is 4.95. The van der Waals surface area contributed by atoms with Crippen LogP contribution in [0.2, 0.25) is 0 Å². The van der Waals surface area contributed by atoms with Gasteiger partial charge < -0.3 is 15.0 Å². The molecule has 3 aliphatic rings. The predicted molar refractivity (Wildman–Crippen MR) is 118 cm³/mol. The average Bonchev–Trinajstić information content (AvgIpc) is 2.99. The zero-order valence-electron chi connectivity index (χ0n) is 16.4. The lowest BCUT2D eigenvalue weighted by Crippen LogP contribution is -2.40. The highest BCUT2D eigenvalue weighted by Gasteiger charge is 2.55. The molecule has 0 spiro atoms. The first-order chi connectivity index (χ1) is 12.6. The van der Waals surface area contributed by atoms with Crippen molar-refractivity contribution in [3.63, 3.8) is 0 Å². The third-order valence-electron chi connectivity index (χ3n) is 6.40. The van der Waals surface area contributed by atoms with Crippen LogP contribution in [0.5, 0.6) is 0 Å². The molecule has 6 heteroatoms. The third kappa shape index (κ3) is 3.82. The van der Waals surface area contributed by atoms with Gasteiger partial charge in [0.2, 0.25) is 0 Å². The molecule has 0 amide bonds. The molecule has 148 valence electrons. The number of carbonyl (C=O) groups is 1. The molecule has 1 aliphatic heterocycles. The molecule has 1 saturated heterocycles. The van der Waals surface area contributed by atoms with Crippen LogP contribution in [0.25, 0.3) is 0 Å². The Labute approximate surface area is 179 Å². The first-order valence-corrected chi connectivity index (χ1v) is 9.82. The summed E-state index contributed by atoms with van der Waals surface area (Å²) in [5.74, 6) is 3.23. The Morgan fingerprint density at radius 2 is 2.11 bits per heavy atom. The number of esters is 1. The molecule has 1 aromatic rings. The van der Waals surface area contributed by atoms with Gasteiger partial charge in [-0.05, 0) is 48.1 Å². The number of hydrogen-bond acceptors (Lipinski definition) is 3. The average molecular weight is 483 g/mol. The molecule has 2 fully saturated rings. The Bertz CT molecular complexity index is 723. The largest absolute Gasteiger partial charge is 0.469 e. The van der Waals surface area contributed by atoms with Crippen molar-refractivity contribution in [2.24, 2.45) is 28.7 Å². The highest BCUT2D eigenvalue weighted by atomic mass is 127. The fourth-order valence-electron chi connectivity index (χ4n) is 4.95. The Hall–Kier alpha value is -1.31. The third-order valence-corrected chi connectivity index (χ3v) is 6.40. The zero-order valence-corrected chi connectivity index (χ0v) is 18.7. The Morgan fingerprint density at radius 1 is 1.33 bits per heavy atom. The van der Waals surface area contributed by atoms with Crippen LogP contribution in [0.1, 0.15) is 30.9 Å². The second-order valence-corrected chi connectivity index (χ2v) is 7.96. The quantitative estimate of drug-likeness (QED) is 0.310. The van der Waals surface area contributed by atoms with E-state index in [1.165, 1.54) is 19.1 Å². The normalized spacial score (nSPS) is 31.0. The number of hydrogen-bond donors (Lipinski definition) is 1. The molecule has 0 aromatic heterocycles. The van der Waals surface area contributed by atoms with E-state index in [0.29, 0.717) is 24.3 Å². The van der Waals surface area contributed by atoms with Crippen LogP contribution in [0.4, 0.5) is 0 Å². The highest BCUT2D eigenvalue weighted by molar-refractivity contribution is 14.0. The van der Waals surface area contributed by atoms with E-state index >= 15 is 0 Å². The molecule has 5 atom stereocenters. The van der Waals surface area contributed by atoms with Crippen molar-refractivity contribution < 1.29 is 9.53 Å². The van der Waals surface area contributed by atoms with Gasteiger partial charge in [0.1, 0.15) is 0 Å². The van der Waals surface area contributed by atoms with Crippen molar-refractivity contribution in [2.45, 2.75) is 26.2 Å². The van der Waals surface area contributed by atoms with Gasteiger partial charge in [-0.3, -0.25) is 9.79 Å². The number of benzene rings is 1. The molecule has 1 saturated carbocycles. The summed E-state index contributed by atoms with van der Waals surface area (Å²) in [5, 5.41) is 3.41. The number of halogens is 1. The first kappa shape index (κ1) is 20.4. The standard InChI is InChI=1S/C21H29N3O2.HI/c1-4-22-21(24-11-13(2)18(12-24)20(25)26-3)23-10-17-16-9-14-7-5-6-8-15(14)19(16)17;/h5-8,13,16-19H,4,9-12H2,1-3H3,(H,22,23);1H. The van der Waals surface area contributed by atoms with Crippen LogP contribution in [0.3, 0.4) is 0 Å². The van der Waals surface area contributed by atoms with Gasteiger partial charge in [0.05, 0.1) is 13.0 Å². The predicted octanol–water partition coefficient (Wildman–Crippen LogP) is 2.90. The number of methoxy groups -OCH3 is 1. The summed E-state index contributed by atoms with van der Waals surface area (Å²) < 4.78 is 4.96. The van der Waals surface area contributed by atoms with Crippen molar-refractivity contribution in [3.8, 4) is 0 Å². The summed E-state index contributed by atoms with van der Waals surface area (Å²) in [6.45, 7) is 7.47. The minimum atomic E-state index is -0.107. The molecule has 2 aliphatic carbocycles. The zero-order chi connectivity index (χ0) is 18.3. The maximum Gasteiger partial charge on any atom is 0.310 e. The minimum Gasteiger partial charge on any atom is -0.469 e. The van der Waals surface area contributed by atoms with Gasteiger partial charge in [-0.1, -0.05) is 31.2 Å². The minimum absolute atomic E-state index is 0. The Balaban J connectivity index is 0.00000210. The summed E-state index contributed by atoms with van der Waals surface area (Å²) in [4.78, 5) is 19.1. The van der Waals surface area contributed by atoms with Crippen molar-refractivity contribution >= 4 is 35.9 Å². The first-order valence-electron chi connectivity index (χ1n) is 9.82. The van der Waals surface area contributed by atoms with E-state index in [1.54, 1.807) is 5.56 Å². The summed E-state index contributed by atoms with van der Waals surface area (Å²) in [6.07, 6.45) is 1.21. The smallest absolute Gasteiger partial charge is 0.310 e. The molecule has 5 nitrogen and oxygen atoms in total. The second-order valence-electron chi connectivity index (χ2n) is 7.96. The lowest BCUT2D eigenvalue weighted by Gasteiger charge is -2.21. The van der Waals surface area contributed by atoms with Crippen LogP contribution in [-0.2, 0) is 16.0 Å². The van der Waals surface area contributed by atoms with Crippen molar-refractivity contribution in [1.82, 2.24) is 10.2 Å². The molecule has 4 rings (SSSR count). The van der Waals surface area contributed by atoms with E-state index in [1.807, 2.05) is 0 Å². The van der Waals surface area contributed by atoms with E-state index in [0.717, 1.165) is 31.5 Å². The lowest BCUT2D eigenvalue weighted by molar-refractivity contribution is -0.145. The van der Waals surface area contributed by atoms with Crippen molar-refractivity contribution in [1.29, 1.82) is 0 Å². The summed E-state index contributed by atoms with van der Waals surface area (Å²) in [5.41, 5.74) is 3.08.